The zero-order valence-electron chi connectivity index (χ0n) is 14.0. The number of hydrogen-bond donors (Lipinski definition) is 1. The Morgan fingerprint density at radius 2 is 2.00 bits per heavy atom. The first-order chi connectivity index (χ1) is 11.5. The number of piperazine rings is 1. The Bertz CT molecular complexity index is 616. The number of carbonyl (C=O) groups excluding carboxylic acids is 2. The van der Waals surface area contributed by atoms with Gasteiger partial charge in [-0.3, -0.25) is 14.5 Å². The molecular weight excluding hydrogens is 308 g/mol. The van der Waals surface area contributed by atoms with E-state index in [1.54, 1.807) is 11.1 Å². The van der Waals surface area contributed by atoms with Crippen LogP contribution in [0.15, 0.2) is 12.3 Å². The fraction of sp³-hybridized carbons (Fsp3) is 0.625. The average molecular weight is 332 g/mol. The van der Waals surface area contributed by atoms with Gasteiger partial charge in [0.25, 0.3) is 0 Å². The highest BCUT2D eigenvalue weighted by molar-refractivity contribution is 5.86. The Kier molecular flexibility index (Phi) is 4.94. The summed E-state index contributed by atoms with van der Waals surface area (Å²) in [5.41, 5.74) is 6.39. The van der Waals surface area contributed by atoms with Crippen LogP contribution in [0.5, 0.6) is 0 Å². The van der Waals surface area contributed by atoms with Gasteiger partial charge < -0.3 is 15.5 Å². The van der Waals surface area contributed by atoms with Gasteiger partial charge in [0, 0.05) is 52.4 Å². The van der Waals surface area contributed by atoms with E-state index in [0.717, 1.165) is 24.7 Å². The zero-order valence-corrected chi connectivity index (χ0v) is 14.0. The summed E-state index contributed by atoms with van der Waals surface area (Å²) in [4.78, 5) is 38.2. The van der Waals surface area contributed by atoms with Crippen molar-refractivity contribution < 1.29 is 9.59 Å². The van der Waals surface area contributed by atoms with Crippen LogP contribution in [0, 0.1) is 0 Å². The minimum Gasteiger partial charge on any atom is -0.368 e. The number of nitrogens with zero attached hydrogens (tertiary/aromatic N) is 5. The van der Waals surface area contributed by atoms with Crippen molar-refractivity contribution in [2.24, 2.45) is 5.73 Å². The van der Waals surface area contributed by atoms with Crippen LogP contribution in [0.25, 0.3) is 0 Å². The molecule has 0 spiro atoms. The lowest BCUT2D eigenvalue weighted by molar-refractivity contribution is -0.141. The van der Waals surface area contributed by atoms with Gasteiger partial charge in [-0.2, -0.15) is 0 Å². The molecular formula is C16H24N6O2. The van der Waals surface area contributed by atoms with Gasteiger partial charge in [-0.15, -0.1) is 0 Å². The van der Waals surface area contributed by atoms with E-state index in [1.165, 1.54) is 19.8 Å². The Balaban J connectivity index is 1.67. The Morgan fingerprint density at radius 3 is 2.67 bits per heavy atom. The molecule has 0 saturated carbocycles. The Labute approximate surface area is 141 Å². The standard InChI is InChI=1S/C16H24N6O2/c1-12(23)22-9-8-20(11-14(22)15(17)24)10-13-4-5-18-16(19-13)21-6-2-3-7-21/h4-5,14H,2-3,6-11H2,1H3,(H2,17,24). The molecule has 8 nitrogen and oxygen atoms in total. The summed E-state index contributed by atoms with van der Waals surface area (Å²) in [6, 6.07) is 1.33. The first kappa shape index (κ1) is 16.6. The summed E-state index contributed by atoms with van der Waals surface area (Å²) in [7, 11) is 0. The quantitative estimate of drug-likeness (QED) is 0.806. The van der Waals surface area contributed by atoms with Gasteiger partial charge in [0.2, 0.25) is 17.8 Å². The molecule has 2 fully saturated rings. The van der Waals surface area contributed by atoms with Crippen LogP contribution in [0.1, 0.15) is 25.5 Å². The third-order valence-electron chi connectivity index (χ3n) is 4.67. The smallest absolute Gasteiger partial charge is 0.241 e. The number of hydrogen-bond acceptors (Lipinski definition) is 6. The van der Waals surface area contributed by atoms with Crippen LogP contribution in [0.4, 0.5) is 5.95 Å². The van der Waals surface area contributed by atoms with Crippen LogP contribution < -0.4 is 10.6 Å². The lowest BCUT2D eigenvalue weighted by Gasteiger charge is -2.39. The lowest BCUT2D eigenvalue weighted by Crippen LogP contribution is -2.59. The largest absolute Gasteiger partial charge is 0.368 e. The van der Waals surface area contributed by atoms with E-state index in [-0.39, 0.29) is 5.91 Å². The van der Waals surface area contributed by atoms with E-state index in [1.807, 2.05) is 6.07 Å². The van der Waals surface area contributed by atoms with E-state index in [4.69, 9.17) is 5.73 Å². The van der Waals surface area contributed by atoms with E-state index in [0.29, 0.717) is 26.2 Å². The van der Waals surface area contributed by atoms with E-state index < -0.39 is 11.9 Å². The first-order valence-electron chi connectivity index (χ1n) is 8.40. The normalized spacial score (nSPS) is 22.0. The number of amides is 2. The van der Waals surface area contributed by atoms with Crippen LogP contribution >= 0.6 is 0 Å². The molecule has 0 aliphatic carbocycles. The van der Waals surface area contributed by atoms with Gasteiger partial charge in [-0.1, -0.05) is 0 Å². The van der Waals surface area contributed by atoms with Crippen molar-refractivity contribution in [3.8, 4) is 0 Å². The van der Waals surface area contributed by atoms with Crippen LogP contribution in [-0.4, -0.2) is 70.3 Å². The van der Waals surface area contributed by atoms with E-state index in [9.17, 15) is 9.59 Å². The van der Waals surface area contributed by atoms with E-state index >= 15 is 0 Å². The topological polar surface area (TPSA) is 95.7 Å². The Morgan fingerprint density at radius 1 is 1.25 bits per heavy atom. The molecule has 130 valence electrons. The van der Waals surface area contributed by atoms with Crippen LogP contribution in [-0.2, 0) is 16.1 Å². The molecule has 3 heterocycles. The van der Waals surface area contributed by atoms with E-state index in [2.05, 4.69) is 19.8 Å². The number of primary amides is 1. The minimum absolute atomic E-state index is 0.114. The molecule has 2 saturated heterocycles. The van der Waals surface area contributed by atoms with Crippen LogP contribution in [0.2, 0.25) is 0 Å². The third kappa shape index (κ3) is 3.64. The van der Waals surface area contributed by atoms with Gasteiger partial charge in [0.15, 0.2) is 0 Å². The maximum absolute atomic E-state index is 11.7. The average Bonchev–Trinajstić information content (AvgIpc) is 3.09. The second-order valence-corrected chi connectivity index (χ2v) is 6.41. The molecule has 24 heavy (non-hydrogen) atoms. The molecule has 1 aromatic rings. The molecule has 2 aliphatic heterocycles. The van der Waals surface area contributed by atoms with Gasteiger partial charge in [0.1, 0.15) is 6.04 Å². The molecule has 2 N–H and O–H groups in total. The highest BCUT2D eigenvalue weighted by Crippen LogP contribution is 2.17. The molecule has 0 aromatic carbocycles. The minimum atomic E-state index is -0.573. The number of rotatable bonds is 4. The third-order valence-corrected chi connectivity index (χ3v) is 4.67. The Hall–Kier alpha value is -2.22. The monoisotopic (exact) mass is 332 g/mol. The van der Waals surface area contributed by atoms with Gasteiger partial charge in [-0.05, 0) is 18.9 Å². The maximum Gasteiger partial charge on any atom is 0.241 e. The van der Waals surface area contributed by atoms with Crippen LogP contribution in [0.3, 0.4) is 0 Å². The molecule has 0 bridgehead atoms. The lowest BCUT2D eigenvalue weighted by atomic mass is 10.1. The molecule has 2 amide bonds. The second kappa shape index (κ2) is 7.12. The molecule has 0 radical (unpaired) electrons. The van der Waals surface area contributed by atoms with Crippen molar-refractivity contribution in [1.29, 1.82) is 0 Å². The molecule has 1 aromatic heterocycles. The summed E-state index contributed by atoms with van der Waals surface area (Å²) in [5.74, 6) is 0.200. The van der Waals surface area contributed by atoms with Gasteiger partial charge >= 0.3 is 0 Å². The fourth-order valence-electron chi connectivity index (χ4n) is 3.37. The first-order valence-corrected chi connectivity index (χ1v) is 8.40. The molecule has 8 heteroatoms. The van der Waals surface area contributed by atoms with Crippen molar-refractivity contribution in [1.82, 2.24) is 19.8 Å². The van der Waals surface area contributed by atoms with Crippen molar-refractivity contribution >= 4 is 17.8 Å². The van der Waals surface area contributed by atoms with Gasteiger partial charge in [-0.25, -0.2) is 9.97 Å². The fourth-order valence-corrected chi connectivity index (χ4v) is 3.37. The predicted octanol–water partition coefficient (Wildman–Crippen LogP) is -0.405. The van der Waals surface area contributed by atoms with Crippen molar-refractivity contribution in [3.63, 3.8) is 0 Å². The predicted molar refractivity (Wildman–Crippen MR) is 89.1 cm³/mol. The molecule has 2 aliphatic rings. The number of carbonyl (C=O) groups is 2. The maximum atomic E-state index is 11.7. The molecule has 3 rings (SSSR count). The summed E-state index contributed by atoms with van der Waals surface area (Å²) in [6.07, 6.45) is 4.15. The highest BCUT2D eigenvalue weighted by atomic mass is 16.2. The summed E-state index contributed by atoms with van der Waals surface area (Å²) in [6.45, 7) is 5.75. The number of nitrogens with two attached hydrogens (primary N) is 1. The number of aromatic nitrogens is 2. The second-order valence-electron chi connectivity index (χ2n) is 6.41. The van der Waals surface area contributed by atoms with Gasteiger partial charge in [0.05, 0.1) is 5.69 Å². The summed E-state index contributed by atoms with van der Waals surface area (Å²) < 4.78 is 0. The highest BCUT2D eigenvalue weighted by Gasteiger charge is 2.32. The van der Waals surface area contributed by atoms with Crippen molar-refractivity contribution in [2.45, 2.75) is 32.4 Å². The molecule has 1 unspecified atom stereocenters. The summed E-state index contributed by atoms with van der Waals surface area (Å²) >= 11 is 0. The zero-order chi connectivity index (χ0) is 17.1. The number of anilines is 1. The SMILES string of the molecule is CC(=O)N1CCN(Cc2ccnc(N3CCCC3)n2)CC1C(N)=O. The molecule has 1 atom stereocenters. The van der Waals surface area contributed by atoms with Crippen molar-refractivity contribution in [3.05, 3.63) is 18.0 Å². The van der Waals surface area contributed by atoms with Crippen molar-refractivity contribution in [2.75, 3.05) is 37.6 Å². The summed E-state index contributed by atoms with van der Waals surface area (Å²) in [5, 5.41) is 0.